The van der Waals surface area contributed by atoms with Gasteiger partial charge in [0.05, 0.1) is 18.3 Å². The number of nitrogens with one attached hydrogen (secondary N) is 1. The zero-order valence-corrected chi connectivity index (χ0v) is 14.3. The molecule has 0 aliphatic carbocycles. The molecule has 2 aromatic carbocycles. The van der Waals surface area contributed by atoms with E-state index in [0.29, 0.717) is 0 Å². The van der Waals surface area contributed by atoms with E-state index in [0.717, 1.165) is 12.3 Å². The van der Waals surface area contributed by atoms with Gasteiger partial charge in [-0.25, -0.2) is 0 Å². The summed E-state index contributed by atoms with van der Waals surface area (Å²) >= 11 is 0. The quantitative estimate of drug-likeness (QED) is 0.741. The van der Waals surface area contributed by atoms with Crippen LogP contribution in [-0.4, -0.2) is 17.2 Å². The Hall–Kier alpha value is -2.42. The second kappa shape index (κ2) is 5.99. The van der Waals surface area contributed by atoms with E-state index >= 15 is 0 Å². The molecule has 0 aliphatic rings. The summed E-state index contributed by atoms with van der Waals surface area (Å²) in [7, 11) is 1.69. The van der Waals surface area contributed by atoms with Crippen molar-refractivity contribution in [2.24, 2.45) is 0 Å². The van der Waals surface area contributed by atoms with E-state index in [1.807, 2.05) is 12.1 Å². The van der Waals surface area contributed by atoms with Crippen LogP contribution in [0.3, 0.4) is 0 Å². The minimum Gasteiger partial charge on any atom is -0.497 e. The van der Waals surface area contributed by atoms with E-state index in [9.17, 15) is 0 Å². The van der Waals surface area contributed by atoms with Crippen LogP contribution < -0.4 is 10.1 Å². The van der Waals surface area contributed by atoms with E-state index in [-0.39, 0.29) is 5.54 Å². The summed E-state index contributed by atoms with van der Waals surface area (Å²) in [6.45, 7) is 7.39. The summed E-state index contributed by atoms with van der Waals surface area (Å²) in [6, 6.07) is 16.8. The third-order valence-corrected chi connectivity index (χ3v) is 3.81. The van der Waals surface area contributed by atoms with E-state index in [1.54, 1.807) is 7.11 Å². The van der Waals surface area contributed by atoms with Crippen LogP contribution in [0.5, 0.6) is 5.75 Å². The average molecular weight is 308 g/mol. The molecule has 1 heterocycles. The van der Waals surface area contributed by atoms with Crippen molar-refractivity contribution >= 4 is 16.6 Å². The predicted octanol–water partition coefficient (Wildman–Crippen LogP) is 4.91. The third-order valence-electron chi connectivity index (χ3n) is 3.81. The number of methoxy groups -OCH3 is 1. The van der Waals surface area contributed by atoms with Gasteiger partial charge in [0.2, 0.25) is 0 Å². The molecule has 0 aliphatic heterocycles. The van der Waals surface area contributed by atoms with Gasteiger partial charge in [0, 0.05) is 23.7 Å². The summed E-state index contributed by atoms with van der Waals surface area (Å²) in [5.41, 5.74) is 3.71. The molecule has 23 heavy (non-hydrogen) atoms. The van der Waals surface area contributed by atoms with Crippen molar-refractivity contribution in [3.05, 3.63) is 60.3 Å². The lowest BCUT2D eigenvalue weighted by atomic mass is 10.1. The molecule has 120 valence electrons. The first kappa shape index (κ1) is 15.5. The molecule has 3 rings (SSSR count). The Bertz CT molecular complexity index is 795. The molecular formula is C20H24N2O. The lowest BCUT2D eigenvalue weighted by Crippen LogP contribution is -2.26. The van der Waals surface area contributed by atoms with Crippen LogP contribution in [-0.2, 0) is 6.54 Å². The zero-order valence-electron chi connectivity index (χ0n) is 14.3. The molecule has 0 amide bonds. The van der Waals surface area contributed by atoms with Crippen molar-refractivity contribution in [1.29, 1.82) is 0 Å². The van der Waals surface area contributed by atoms with E-state index in [1.165, 1.54) is 22.2 Å². The molecule has 3 aromatic rings. The molecule has 0 atom stereocenters. The van der Waals surface area contributed by atoms with E-state index in [4.69, 9.17) is 4.74 Å². The highest BCUT2D eigenvalue weighted by atomic mass is 16.5. The first-order valence-electron chi connectivity index (χ1n) is 7.95. The van der Waals surface area contributed by atoms with Gasteiger partial charge in [-0.3, -0.25) is 0 Å². The van der Waals surface area contributed by atoms with Gasteiger partial charge in [-0.05, 0) is 50.6 Å². The van der Waals surface area contributed by atoms with Gasteiger partial charge in [0.1, 0.15) is 5.75 Å². The second-order valence-electron chi connectivity index (χ2n) is 6.91. The third kappa shape index (κ3) is 3.50. The molecule has 1 N–H and O–H groups in total. The molecule has 3 nitrogen and oxygen atoms in total. The van der Waals surface area contributed by atoms with Gasteiger partial charge in [0.25, 0.3) is 0 Å². The Morgan fingerprint density at radius 2 is 1.74 bits per heavy atom. The highest BCUT2D eigenvalue weighted by molar-refractivity contribution is 5.92. The highest BCUT2D eigenvalue weighted by Gasteiger charge is 2.13. The Kier molecular flexibility index (Phi) is 4.03. The van der Waals surface area contributed by atoms with Gasteiger partial charge < -0.3 is 14.6 Å². The number of hydrogen-bond acceptors (Lipinski definition) is 2. The normalized spacial score (nSPS) is 11.7. The topological polar surface area (TPSA) is 26.2 Å². The van der Waals surface area contributed by atoms with Crippen LogP contribution in [0.2, 0.25) is 0 Å². The molecule has 1 aromatic heterocycles. The maximum absolute atomic E-state index is 5.23. The van der Waals surface area contributed by atoms with Crippen LogP contribution in [0.1, 0.15) is 26.3 Å². The molecule has 3 heteroatoms. The maximum Gasteiger partial charge on any atom is 0.118 e. The van der Waals surface area contributed by atoms with Crippen molar-refractivity contribution in [3.8, 4) is 5.75 Å². The molecular weight excluding hydrogens is 284 g/mol. The summed E-state index contributed by atoms with van der Waals surface area (Å²) < 4.78 is 7.53. The number of anilines is 1. The fourth-order valence-electron chi connectivity index (χ4n) is 2.83. The number of hydrogen-bond donors (Lipinski definition) is 1. The van der Waals surface area contributed by atoms with Gasteiger partial charge in [-0.1, -0.05) is 24.3 Å². The van der Waals surface area contributed by atoms with Crippen LogP contribution in [0, 0.1) is 0 Å². The Morgan fingerprint density at radius 1 is 1.00 bits per heavy atom. The average Bonchev–Trinajstić information content (AvgIpc) is 2.91. The van der Waals surface area contributed by atoms with Gasteiger partial charge in [-0.2, -0.15) is 0 Å². The van der Waals surface area contributed by atoms with E-state index < -0.39 is 0 Å². The zero-order chi connectivity index (χ0) is 16.4. The maximum atomic E-state index is 5.23. The molecule has 0 fully saturated rings. The number of rotatable bonds is 4. The van der Waals surface area contributed by atoms with Crippen LogP contribution in [0.25, 0.3) is 10.9 Å². The van der Waals surface area contributed by atoms with E-state index in [2.05, 4.69) is 73.3 Å². The van der Waals surface area contributed by atoms with Crippen molar-refractivity contribution in [3.63, 3.8) is 0 Å². The van der Waals surface area contributed by atoms with Crippen molar-refractivity contribution in [2.45, 2.75) is 32.9 Å². The minimum absolute atomic E-state index is 0.0312. The fraction of sp³-hybridized carbons (Fsp3) is 0.300. The summed E-state index contributed by atoms with van der Waals surface area (Å²) in [5.74, 6) is 0.890. The van der Waals surface area contributed by atoms with Crippen molar-refractivity contribution in [2.75, 3.05) is 12.4 Å². The Morgan fingerprint density at radius 3 is 2.39 bits per heavy atom. The molecule has 0 saturated heterocycles. The largest absolute Gasteiger partial charge is 0.497 e. The molecule has 0 radical (unpaired) electrons. The van der Waals surface area contributed by atoms with Gasteiger partial charge >= 0.3 is 0 Å². The standard InChI is InChI=1S/C20H24N2O/c1-20(2,3)21-18-7-5-6-16-12-13-22(19(16)18)14-15-8-10-17(23-4)11-9-15/h5-13,21H,14H2,1-4H3. The van der Waals surface area contributed by atoms with Crippen molar-refractivity contribution < 1.29 is 4.74 Å². The Labute approximate surface area is 137 Å². The molecule has 0 spiro atoms. The SMILES string of the molecule is COc1ccc(Cn2ccc3cccc(NC(C)(C)C)c32)cc1. The number of aromatic nitrogens is 1. The summed E-state index contributed by atoms with van der Waals surface area (Å²) in [6.07, 6.45) is 2.16. The fourth-order valence-corrected chi connectivity index (χ4v) is 2.83. The molecule has 0 saturated carbocycles. The van der Waals surface area contributed by atoms with Gasteiger partial charge in [-0.15, -0.1) is 0 Å². The van der Waals surface area contributed by atoms with Crippen LogP contribution >= 0.6 is 0 Å². The molecule has 0 unspecified atom stereocenters. The lowest BCUT2D eigenvalue weighted by Gasteiger charge is -2.23. The number of nitrogens with zero attached hydrogens (tertiary/aromatic N) is 1. The van der Waals surface area contributed by atoms with Crippen molar-refractivity contribution in [1.82, 2.24) is 4.57 Å². The monoisotopic (exact) mass is 308 g/mol. The Balaban J connectivity index is 1.97. The minimum atomic E-state index is 0.0312. The first-order chi connectivity index (χ1) is 11.0. The molecule has 0 bridgehead atoms. The summed E-state index contributed by atoms with van der Waals surface area (Å²) in [4.78, 5) is 0. The summed E-state index contributed by atoms with van der Waals surface area (Å²) in [5, 5.41) is 4.87. The highest BCUT2D eigenvalue weighted by Crippen LogP contribution is 2.28. The van der Waals surface area contributed by atoms with Crippen LogP contribution in [0.15, 0.2) is 54.7 Å². The number of benzene rings is 2. The number of ether oxygens (including phenoxy) is 1. The first-order valence-corrected chi connectivity index (χ1v) is 7.95. The lowest BCUT2D eigenvalue weighted by molar-refractivity contribution is 0.414. The number of fused-ring (bicyclic) bond motifs is 1. The number of para-hydroxylation sites is 1. The smallest absolute Gasteiger partial charge is 0.118 e. The van der Waals surface area contributed by atoms with Crippen LogP contribution in [0.4, 0.5) is 5.69 Å². The predicted molar refractivity (Wildman–Crippen MR) is 97.4 cm³/mol. The second-order valence-corrected chi connectivity index (χ2v) is 6.91. The van der Waals surface area contributed by atoms with Gasteiger partial charge in [0.15, 0.2) is 0 Å².